The number of aromatic nitrogens is 1. The normalized spacial score (nSPS) is 11.8. The fraction of sp³-hybridized carbons (Fsp3) is 0.400. The summed E-state index contributed by atoms with van der Waals surface area (Å²) in [6.07, 6.45) is 2.95. The van der Waals surface area contributed by atoms with Crippen LogP contribution in [0.5, 0.6) is 5.75 Å². The highest BCUT2D eigenvalue weighted by Gasteiger charge is 2.14. The van der Waals surface area contributed by atoms with Crippen molar-refractivity contribution in [2.24, 2.45) is 0 Å². The first-order valence-electron chi connectivity index (χ1n) is 6.45. The van der Waals surface area contributed by atoms with E-state index >= 15 is 0 Å². The number of benzene rings is 1. The monoisotopic (exact) mass is 261 g/mol. The minimum atomic E-state index is -0.286. The molecule has 19 heavy (non-hydrogen) atoms. The van der Waals surface area contributed by atoms with Crippen LogP contribution in [0.3, 0.4) is 0 Å². The lowest BCUT2D eigenvalue weighted by atomic mass is 10.1. The molecule has 2 aromatic rings. The maximum atomic E-state index is 11.2. The highest BCUT2D eigenvalue weighted by Crippen LogP contribution is 2.29. The van der Waals surface area contributed by atoms with Crippen molar-refractivity contribution in [2.45, 2.75) is 13.3 Å². The van der Waals surface area contributed by atoms with Gasteiger partial charge >= 0.3 is 5.97 Å². The third-order valence-corrected chi connectivity index (χ3v) is 3.05. The van der Waals surface area contributed by atoms with E-state index in [1.165, 1.54) is 12.5 Å². The van der Waals surface area contributed by atoms with Gasteiger partial charge in [0.2, 0.25) is 0 Å². The summed E-state index contributed by atoms with van der Waals surface area (Å²) in [4.78, 5) is 14.4. The standard InChI is InChI=1S/C15H21N2O2/c1-11(18)19-14-7-5-6-13-15(14)12(10-16-13)8-9-17(2,3)4/h5-7,10,16H,8-9H2,1-4H3/q+1. The first-order chi connectivity index (χ1) is 8.87. The van der Waals surface area contributed by atoms with Crippen LogP contribution in [0.15, 0.2) is 24.4 Å². The third-order valence-electron chi connectivity index (χ3n) is 3.05. The molecule has 1 heterocycles. The fourth-order valence-electron chi connectivity index (χ4n) is 2.11. The number of ether oxygens (including phenoxy) is 1. The van der Waals surface area contributed by atoms with E-state index in [9.17, 15) is 4.79 Å². The van der Waals surface area contributed by atoms with Crippen LogP contribution in [0.25, 0.3) is 10.9 Å². The first kappa shape index (κ1) is 13.6. The summed E-state index contributed by atoms with van der Waals surface area (Å²) in [6, 6.07) is 5.73. The van der Waals surface area contributed by atoms with Crippen molar-refractivity contribution in [1.82, 2.24) is 4.98 Å². The molecule has 0 saturated heterocycles. The highest BCUT2D eigenvalue weighted by molar-refractivity contribution is 5.91. The van der Waals surface area contributed by atoms with Gasteiger partial charge in [-0.15, -0.1) is 0 Å². The summed E-state index contributed by atoms with van der Waals surface area (Å²) in [7, 11) is 6.51. The second-order valence-electron chi connectivity index (χ2n) is 5.85. The molecule has 0 fully saturated rings. The van der Waals surface area contributed by atoms with E-state index in [4.69, 9.17) is 4.74 Å². The fourth-order valence-corrected chi connectivity index (χ4v) is 2.11. The molecule has 1 aromatic carbocycles. The molecule has 0 radical (unpaired) electrons. The van der Waals surface area contributed by atoms with Gasteiger partial charge in [0.05, 0.1) is 27.7 Å². The smallest absolute Gasteiger partial charge is 0.308 e. The number of nitrogens with zero attached hydrogens (tertiary/aromatic N) is 1. The summed E-state index contributed by atoms with van der Waals surface area (Å²) >= 11 is 0. The Kier molecular flexibility index (Phi) is 3.62. The van der Waals surface area contributed by atoms with Gasteiger partial charge in [-0.3, -0.25) is 4.79 Å². The molecule has 1 aromatic heterocycles. The second-order valence-corrected chi connectivity index (χ2v) is 5.85. The van der Waals surface area contributed by atoms with Gasteiger partial charge in [-0.1, -0.05) is 6.07 Å². The average molecular weight is 261 g/mol. The Balaban J connectivity index is 2.36. The van der Waals surface area contributed by atoms with E-state index in [2.05, 4.69) is 26.1 Å². The van der Waals surface area contributed by atoms with Crippen LogP contribution >= 0.6 is 0 Å². The van der Waals surface area contributed by atoms with E-state index < -0.39 is 0 Å². The molecule has 0 aliphatic carbocycles. The van der Waals surface area contributed by atoms with E-state index in [0.717, 1.165) is 28.4 Å². The lowest BCUT2D eigenvalue weighted by Gasteiger charge is -2.23. The van der Waals surface area contributed by atoms with Gasteiger partial charge in [0.25, 0.3) is 0 Å². The van der Waals surface area contributed by atoms with Crippen LogP contribution in [0.1, 0.15) is 12.5 Å². The van der Waals surface area contributed by atoms with Gasteiger partial charge in [-0.05, 0) is 17.7 Å². The molecule has 2 rings (SSSR count). The average Bonchev–Trinajstić information content (AvgIpc) is 2.69. The highest BCUT2D eigenvalue weighted by atomic mass is 16.5. The molecule has 0 aliphatic rings. The quantitative estimate of drug-likeness (QED) is 0.521. The molecule has 0 spiro atoms. The van der Waals surface area contributed by atoms with Crippen molar-refractivity contribution >= 4 is 16.9 Å². The summed E-state index contributed by atoms with van der Waals surface area (Å²) in [5, 5.41) is 1.02. The Morgan fingerprint density at radius 3 is 2.68 bits per heavy atom. The number of nitrogens with one attached hydrogen (secondary N) is 1. The Morgan fingerprint density at radius 2 is 2.05 bits per heavy atom. The molecule has 102 valence electrons. The number of fused-ring (bicyclic) bond motifs is 1. The summed E-state index contributed by atoms with van der Waals surface area (Å²) in [5.41, 5.74) is 2.20. The van der Waals surface area contributed by atoms with Crippen LogP contribution in [0, 0.1) is 0 Å². The van der Waals surface area contributed by atoms with E-state index in [0.29, 0.717) is 5.75 Å². The maximum absolute atomic E-state index is 11.2. The van der Waals surface area contributed by atoms with Crippen molar-refractivity contribution in [3.63, 3.8) is 0 Å². The number of esters is 1. The number of likely N-dealkylation sites (N-methyl/N-ethyl adjacent to an activating group) is 1. The molecule has 0 bridgehead atoms. The Bertz CT molecular complexity index is 594. The van der Waals surface area contributed by atoms with E-state index in [1.54, 1.807) is 0 Å². The Labute approximate surface area is 113 Å². The molecule has 1 N–H and O–H groups in total. The van der Waals surface area contributed by atoms with Crippen LogP contribution in [0.4, 0.5) is 0 Å². The predicted octanol–water partition coefficient (Wildman–Crippen LogP) is 2.34. The van der Waals surface area contributed by atoms with Gasteiger partial charge < -0.3 is 14.2 Å². The second kappa shape index (κ2) is 5.05. The molecule has 0 saturated carbocycles. The van der Waals surface area contributed by atoms with Gasteiger partial charge in [-0.25, -0.2) is 0 Å². The molecule has 0 atom stereocenters. The molecule has 4 heteroatoms. The largest absolute Gasteiger partial charge is 0.426 e. The number of hydrogen-bond donors (Lipinski definition) is 1. The number of rotatable bonds is 4. The number of carbonyl (C=O) groups is 1. The minimum Gasteiger partial charge on any atom is -0.426 e. The van der Waals surface area contributed by atoms with Crippen molar-refractivity contribution in [1.29, 1.82) is 0 Å². The molecule has 0 unspecified atom stereocenters. The van der Waals surface area contributed by atoms with E-state index in [-0.39, 0.29) is 5.97 Å². The van der Waals surface area contributed by atoms with Crippen molar-refractivity contribution < 1.29 is 14.0 Å². The molecule has 0 amide bonds. The van der Waals surface area contributed by atoms with Crippen LogP contribution in [-0.4, -0.2) is 43.1 Å². The van der Waals surface area contributed by atoms with Gasteiger partial charge in [-0.2, -0.15) is 0 Å². The van der Waals surface area contributed by atoms with Gasteiger partial charge in [0.1, 0.15) is 5.75 Å². The number of quaternary nitrogens is 1. The van der Waals surface area contributed by atoms with Crippen molar-refractivity contribution in [2.75, 3.05) is 27.7 Å². The maximum Gasteiger partial charge on any atom is 0.308 e. The topological polar surface area (TPSA) is 42.1 Å². The van der Waals surface area contributed by atoms with Crippen LogP contribution in [0.2, 0.25) is 0 Å². The zero-order chi connectivity index (χ0) is 14.0. The van der Waals surface area contributed by atoms with Crippen molar-refractivity contribution in [3.05, 3.63) is 30.0 Å². The number of aromatic amines is 1. The SMILES string of the molecule is CC(=O)Oc1cccc2[nH]cc(CC[N+](C)(C)C)c12. The number of hydrogen-bond acceptors (Lipinski definition) is 2. The van der Waals surface area contributed by atoms with Gasteiger partial charge in [0.15, 0.2) is 0 Å². The number of carbonyl (C=O) groups excluding carboxylic acids is 1. The lowest BCUT2D eigenvalue weighted by molar-refractivity contribution is -0.870. The molecular weight excluding hydrogens is 240 g/mol. The third kappa shape index (κ3) is 3.35. The van der Waals surface area contributed by atoms with Gasteiger partial charge in [0, 0.05) is 30.4 Å². The summed E-state index contributed by atoms with van der Waals surface area (Å²) < 4.78 is 6.20. The summed E-state index contributed by atoms with van der Waals surface area (Å²) in [6.45, 7) is 2.46. The molecular formula is C15H21N2O2+. The zero-order valence-electron chi connectivity index (χ0n) is 12.0. The Hall–Kier alpha value is -1.81. The predicted molar refractivity (Wildman–Crippen MR) is 76.2 cm³/mol. The van der Waals surface area contributed by atoms with E-state index in [1.807, 2.05) is 24.4 Å². The van der Waals surface area contributed by atoms with Crippen LogP contribution < -0.4 is 4.74 Å². The minimum absolute atomic E-state index is 0.286. The number of H-pyrrole nitrogens is 1. The Morgan fingerprint density at radius 1 is 1.32 bits per heavy atom. The lowest BCUT2D eigenvalue weighted by Crippen LogP contribution is -2.36. The molecule has 0 aliphatic heterocycles. The van der Waals surface area contributed by atoms with Crippen LogP contribution in [-0.2, 0) is 11.2 Å². The first-order valence-corrected chi connectivity index (χ1v) is 6.45. The molecule has 4 nitrogen and oxygen atoms in total. The zero-order valence-corrected chi connectivity index (χ0v) is 12.0. The van der Waals surface area contributed by atoms with Crippen molar-refractivity contribution in [3.8, 4) is 5.75 Å². The summed E-state index contributed by atoms with van der Waals surface area (Å²) in [5.74, 6) is 0.355.